The van der Waals surface area contributed by atoms with Crippen molar-refractivity contribution in [1.29, 1.82) is 5.26 Å². The third-order valence-corrected chi connectivity index (χ3v) is 3.34. The number of rotatable bonds is 3. The van der Waals surface area contributed by atoms with E-state index in [1.807, 2.05) is 30.3 Å². The van der Waals surface area contributed by atoms with Crippen LogP contribution in [0.15, 0.2) is 58.3 Å². The number of hydrogen-bond acceptors (Lipinski definition) is 3. The molecule has 0 N–H and O–H groups in total. The molecule has 0 saturated heterocycles. The first-order valence-corrected chi connectivity index (χ1v) is 5.87. The van der Waals surface area contributed by atoms with Crippen LogP contribution in [0.1, 0.15) is 15.9 Å². The van der Waals surface area contributed by atoms with Crippen molar-refractivity contribution in [2.75, 3.05) is 0 Å². The molecule has 0 unspecified atom stereocenters. The molecule has 0 aliphatic rings. The van der Waals surface area contributed by atoms with Gasteiger partial charge in [0.25, 0.3) is 0 Å². The number of nitriles is 1. The Bertz CT molecular complexity index is 570. The van der Waals surface area contributed by atoms with Gasteiger partial charge in [-0.25, -0.2) is 0 Å². The molecule has 2 rings (SSSR count). The second-order valence-corrected chi connectivity index (χ2v) is 4.51. The summed E-state index contributed by atoms with van der Waals surface area (Å²) in [5.41, 5.74) is 1.32. The lowest BCUT2D eigenvalue weighted by Crippen LogP contribution is -1.82. The monoisotopic (exact) mass is 239 g/mol. The highest BCUT2D eigenvalue weighted by atomic mass is 32.2. The SMILES string of the molecule is N#Cc1ccccc1Sc1ccc(C=O)cc1. The first kappa shape index (κ1) is 11.4. The lowest BCUT2D eigenvalue weighted by Gasteiger charge is -2.03. The summed E-state index contributed by atoms with van der Waals surface area (Å²) in [5, 5.41) is 8.97. The van der Waals surface area contributed by atoms with E-state index in [1.54, 1.807) is 18.2 Å². The Balaban J connectivity index is 2.25. The Labute approximate surface area is 104 Å². The molecule has 0 aliphatic heterocycles. The molecule has 0 bridgehead atoms. The van der Waals surface area contributed by atoms with Crippen LogP contribution >= 0.6 is 11.8 Å². The van der Waals surface area contributed by atoms with Crippen LogP contribution in [-0.2, 0) is 0 Å². The maximum absolute atomic E-state index is 10.5. The number of aldehydes is 1. The topological polar surface area (TPSA) is 40.9 Å². The van der Waals surface area contributed by atoms with Crippen molar-refractivity contribution in [2.24, 2.45) is 0 Å². The number of hydrogen-bond donors (Lipinski definition) is 0. The molecule has 3 heteroatoms. The minimum Gasteiger partial charge on any atom is -0.298 e. The molecule has 0 atom stereocenters. The van der Waals surface area contributed by atoms with Gasteiger partial charge in [-0.05, 0) is 24.3 Å². The van der Waals surface area contributed by atoms with E-state index in [9.17, 15) is 4.79 Å². The standard InChI is InChI=1S/C14H9NOS/c15-9-12-3-1-2-4-14(12)17-13-7-5-11(10-16)6-8-13/h1-8,10H. The molecule has 0 fully saturated rings. The van der Waals surface area contributed by atoms with Crippen molar-refractivity contribution in [3.63, 3.8) is 0 Å². The van der Waals surface area contributed by atoms with Gasteiger partial charge in [-0.15, -0.1) is 0 Å². The van der Waals surface area contributed by atoms with Crippen LogP contribution < -0.4 is 0 Å². The van der Waals surface area contributed by atoms with Crippen molar-refractivity contribution >= 4 is 18.0 Å². The van der Waals surface area contributed by atoms with E-state index in [0.29, 0.717) is 11.1 Å². The van der Waals surface area contributed by atoms with E-state index >= 15 is 0 Å². The zero-order valence-corrected chi connectivity index (χ0v) is 9.78. The number of carbonyl (C=O) groups excluding carboxylic acids is 1. The van der Waals surface area contributed by atoms with E-state index in [4.69, 9.17) is 5.26 Å². The van der Waals surface area contributed by atoms with Crippen LogP contribution in [0.2, 0.25) is 0 Å². The van der Waals surface area contributed by atoms with Crippen LogP contribution in [0.25, 0.3) is 0 Å². The molecule has 0 spiro atoms. The minimum atomic E-state index is 0.655. The average Bonchev–Trinajstić information content (AvgIpc) is 2.40. The molecule has 0 saturated carbocycles. The normalized spacial score (nSPS) is 9.59. The van der Waals surface area contributed by atoms with E-state index < -0.39 is 0 Å². The molecule has 0 aromatic heterocycles. The fourth-order valence-electron chi connectivity index (χ4n) is 1.39. The van der Waals surface area contributed by atoms with Crippen molar-refractivity contribution in [1.82, 2.24) is 0 Å². The largest absolute Gasteiger partial charge is 0.298 e. The Morgan fingerprint density at radius 2 is 1.76 bits per heavy atom. The van der Waals surface area contributed by atoms with Gasteiger partial charge in [-0.1, -0.05) is 36.0 Å². The quantitative estimate of drug-likeness (QED) is 0.769. The number of benzene rings is 2. The van der Waals surface area contributed by atoms with E-state index in [-0.39, 0.29) is 0 Å². The number of carbonyl (C=O) groups is 1. The van der Waals surface area contributed by atoms with Gasteiger partial charge >= 0.3 is 0 Å². The molecule has 82 valence electrons. The third kappa shape index (κ3) is 2.74. The van der Waals surface area contributed by atoms with Crippen LogP contribution in [0.3, 0.4) is 0 Å². The summed E-state index contributed by atoms with van der Waals surface area (Å²) in [4.78, 5) is 12.5. The van der Waals surface area contributed by atoms with Crippen LogP contribution in [0, 0.1) is 11.3 Å². The van der Waals surface area contributed by atoms with Crippen molar-refractivity contribution in [3.05, 3.63) is 59.7 Å². The first-order valence-electron chi connectivity index (χ1n) is 5.05. The molecule has 0 heterocycles. The van der Waals surface area contributed by atoms with Gasteiger partial charge in [0, 0.05) is 15.4 Å². The molecule has 0 aliphatic carbocycles. The maximum Gasteiger partial charge on any atom is 0.150 e. The Morgan fingerprint density at radius 1 is 1.06 bits per heavy atom. The van der Waals surface area contributed by atoms with Gasteiger partial charge in [0.2, 0.25) is 0 Å². The predicted octanol–water partition coefficient (Wildman–Crippen LogP) is 3.52. The highest BCUT2D eigenvalue weighted by molar-refractivity contribution is 7.99. The lowest BCUT2D eigenvalue weighted by molar-refractivity contribution is 0.112. The van der Waals surface area contributed by atoms with Gasteiger partial charge in [-0.2, -0.15) is 5.26 Å². The van der Waals surface area contributed by atoms with E-state index in [0.717, 1.165) is 16.1 Å². The smallest absolute Gasteiger partial charge is 0.150 e. The fraction of sp³-hybridized carbons (Fsp3) is 0. The van der Waals surface area contributed by atoms with Gasteiger partial charge < -0.3 is 0 Å². The molecular formula is C14H9NOS. The average molecular weight is 239 g/mol. The molecule has 0 amide bonds. The highest BCUT2D eigenvalue weighted by Gasteiger charge is 2.02. The minimum absolute atomic E-state index is 0.655. The van der Waals surface area contributed by atoms with Crippen LogP contribution in [0.4, 0.5) is 0 Å². The van der Waals surface area contributed by atoms with Crippen molar-refractivity contribution in [2.45, 2.75) is 9.79 Å². The van der Waals surface area contributed by atoms with Crippen LogP contribution in [-0.4, -0.2) is 6.29 Å². The van der Waals surface area contributed by atoms with Crippen molar-refractivity contribution < 1.29 is 4.79 Å². The third-order valence-electron chi connectivity index (χ3n) is 2.25. The highest BCUT2D eigenvalue weighted by Crippen LogP contribution is 2.29. The molecule has 2 aromatic rings. The molecule has 0 radical (unpaired) electrons. The lowest BCUT2D eigenvalue weighted by atomic mass is 10.2. The second-order valence-electron chi connectivity index (χ2n) is 3.40. The second kappa shape index (κ2) is 5.33. The summed E-state index contributed by atoms with van der Waals surface area (Å²) in [6, 6.07) is 16.9. The molecular weight excluding hydrogens is 230 g/mol. The summed E-state index contributed by atoms with van der Waals surface area (Å²) >= 11 is 1.52. The zero-order chi connectivity index (χ0) is 12.1. The van der Waals surface area contributed by atoms with Gasteiger partial charge in [-0.3, -0.25) is 4.79 Å². The summed E-state index contributed by atoms with van der Waals surface area (Å²) in [5.74, 6) is 0. The summed E-state index contributed by atoms with van der Waals surface area (Å²) in [6.07, 6.45) is 0.817. The molecule has 17 heavy (non-hydrogen) atoms. The fourth-order valence-corrected chi connectivity index (χ4v) is 2.29. The summed E-state index contributed by atoms with van der Waals surface area (Å²) in [6.45, 7) is 0. The zero-order valence-electron chi connectivity index (χ0n) is 8.96. The summed E-state index contributed by atoms with van der Waals surface area (Å²) < 4.78 is 0. The predicted molar refractivity (Wildman–Crippen MR) is 67.1 cm³/mol. The molecule has 2 aromatic carbocycles. The number of nitrogens with zero attached hydrogens (tertiary/aromatic N) is 1. The molecule has 2 nitrogen and oxygen atoms in total. The first-order chi connectivity index (χ1) is 8.33. The van der Waals surface area contributed by atoms with Crippen LogP contribution in [0.5, 0.6) is 0 Å². The van der Waals surface area contributed by atoms with E-state index in [2.05, 4.69) is 6.07 Å². The Morgan fingerprint density at radius 3 is 2.41 bits per heavy atom. The Kier molecular flexibility index (Phi) is 3.59. The van der Waals surface area contributed by atoms with Gasteiger partial charge in [0.1, 0.15) is 12.4 Å². The van der Waals surface area contributed by atoms with Gasteiger partial charge in [0.15, 0.2) is 0 Å². The van der Waals surface area contributed by atoms with Crippen molar-refractivity contribution in [3.8, 4) is 6.07 Å². The Hall–Kier alpha value is -2.05. The van der Waals surface area contributed by atoms with Gasteiger partial charge in [0.05, 0.1) is 5.56 Å². The summed E-state index contributed by atoms with van der Waals surface area (Å²) in [7, 11) is 0. The maximum atomic E-state index is 10.5. The van der Waals surface area contributed by atoms with E-state index in [1.165, 1.54) is 11.8 Å².